The predicted molar refractivity (Wildman–Crippen MR) is 56.2 cm³/mol. The molecule has 0 saturated carbocycles. The van der Waals surface area contributed by atoms with Crippen LogP contribution in [0.3, 0.4) is 0 Å². The van der Waals surface area contributed by atoms with Gasteiger partial charge in [-0.25, -0.2) is 0 Å². The molecule has 1 saturated heterocycles. The molecule has 4 heteroatoms. The van der Waals surface area contributed by atoms with Crippen LogP contribution in [0.4, 0.5) is 0 Å². The highest BCUT2D eigenvalue weighted by Gasteiger charge is 2.24. The lowest BCUT2D eigenvalue weighted by molar-refractivity contribution is -0.104. The van der Waals surface area contributed by atoms with E-state index in [-0.39, 0.29) is 24.9 Å². The smallest absolute Gasteiger partial charge is 0.0833 e. The Balaban J connectivity index is 0. The zero-order chi connectivity index (χ0) is 11.6. The third kappa shape index (κ3) is 7.26. The van der Waals surface area contributed by atoms with Crippen LogP contribution in [0.2, 0.25) is 0 Å². The molecular weight excluding hydrogens is 184 g/mol. The summed E-state index contributed by atoms with van der Waals surface area (Å²) < 4.78 is 5.30. The molecule has 1 unspecified atom stereocenters. The van der Waals surface area contributed by atoms with E-state index >= 15 is 0 Å². The number of hydrogen-bond donors (Lipinski definition) is 3. The molecule has 4 nitrogen and oxygen atoms in total. The van der Waals surface area contributed by atoms with Gasteiger partial charge in [-0.15, -0.1) is 0 Å². The van der Waals surface area contributed by atoms with Crippen molar-refractivity contribution in [3.8, 4) is 0 Å². The Kier molecular flexibility index (Phi) is 12.7. The number of ether oxygens (including phenoxy) is 1. The van der Waals surface area contributed by atoms with Crippen molar-refractivity contribution in [1.29, 1.82) is 0 Å². The van der Waals surface area contributed by atoms with Crippen molar-refractivity contribution in [3.05, 3.63) is 0 Å². The first-order valence-corrected chi connectivity index (χ1v) is 5.11. The zero-order valence-corrected chi connectivity index (χ0v) is 9.60. The average molecular weight is 208 g/mol. The van der Waals surface area contributed by atoms with E-state index in [9.17, 15) is 5.11 Å². The van der Waals surface area contributed by atoms with Crippen molar-refractivity contribution >= 4 is 0 Å². The second kappa shape index (κ2) is 10.9. The molecule has 0 bridgehead atoms. The zero-order valence-electron chi connectivity index (χ0n) is 9.60. The highest BCUT2D eigenvalue weighted by Crippen LogP contribution is 2.18. The van der Waals surface area contributed by atoms with Gasteiger partial charge in [0.2, 0.25) is 0 Å². The number of rotatable bonds is 1. The number of aliphatic hydroxyl groups is 3. The van der Waals surface area contributed by atoms with Crippen molar-refractivity contribution in [2.24, 2.45) is 0 Å². The van der Waals surface area contributed by atoms with Crippen molar-refractivity contribution in [1.82, 2.24) is 0 Å². The van der Waals surface area contributed by atoms with Gasteiger partial charge >= 0.3 is 0 Å². The first kappa shape index (κ1) is 16.3. The quantitative estimate of drug-likeness (QED) is 0.588. The highest BCUT2D eigenvalue weighted by atomic mass is 16.5. The SMILES string of the molecule is CC.CC1C[C@@H](O)C[C@@H](CO)O1.CO. The second-order valence-corrected chi connectivity index (χ2v) is 2.88. The summed E-state index contributed by atoms with van der Waals surface area (Å²) in [5.41, 5.74) is 0. The second-order valence-electron chi connectivity index (χ2n) is 2.88. The van der Waals surface area contributed by atoms with Gasteiger partial charge < -0.3 is 20.1 Å². The molecule has 88 valence electrons. The summed E-state index contributed by atoms with van der Waals surface area (Å²) in [6, 6.07) is 0. The van der Waals surface area contributed by atoms with Gasteiger partial charge in [0.05, 0.1) is 24.9 Å². The molecular formula is C10H24O4. The summed E-state index contributed by atoms with van der Waals surface area (Å²) in [5.74, 6) is 0. The summed E-state index contributed by atoms with van der Waals surface area (Å²) in [6.45, 7) is 5.92. The van der Waals surface area contributed by atoms with E-state index in [0.717, 1.165) is 7.11 Å². The monoisotopic (exact) mass is 208 g/mol. The van der Waals surface area contributed by atoms with Crippen molar-refractivity contribution in [2.75, 3.05) is 13.7 Å². The van der Waals surface area contributed by atoms with Gasteiger partial charge in [0.25, 0.3) is 0 Å². The first-order valence-electron chi connectivity index (χ1n) is 5.11. The van der Waals surface area contributed by atoms with Gasteiger partial charge in [0.1, 0.15) is 0 Å². The van der Waals surface area contributed by atoms with Crippen LogP contribution in [0.5, 0.6) is 0 Å². The third-order valence-electron chi connectivity index (χ3n) is 1.77. The van der Waals surface area contributed by atoms with E-state index in [1.54, 1.807) is 0 Å². The topological polar surface area (TPSA) is 69.9 Å². The fraction of sp³-hybridized carbons (Fsp3) is 1.00. The minimum atomic E-state index is -0.291. The molecule has 0 radical (unpaired) electrons. The van der Waals surface area contributed by atoms with E-state index in [1.807, 2.05) is 20.8 Å². The molecule has 0 aliphatic carbocycles. The Labute approximate surface area is 86.5 Å². The van der Waals surface area contributed by atoms with Crippen LogP contribution in [-0.2, 0) is 4.74 Å². The van der Waals surface area contributed by atoms with E-state index in [4.69, 9.17) is 14.9 Å². The van der Waals surface area contributed by atoms with Gasteiger partial charge in [0.15, 0.2) is 0 Å². The molecule has 3 atom stereocenters. The van der Waals surface area contributed by atoms with Crippen LogP contribution >= 0.6 is 0 Å². The molecule has 3 N–H and O–H groups in total. The van der Waals surface area contributed by atoms with Crippen LogP contribution in [-0.4, -0.2) is 47.3 Å². The summed E-state index contributed by atoms with van der Waals surface area (Å²) in [7, 11) is 1.00. The van der Waals surface area contributed by atoms with Gasteiger partial charge in [-0.3, -0.25) is 0 Å². The van der Waals surface area contributed by atoms with E-state index in [1.165, 1.54) is 0 Å². The molecule has 1 aliphatic heterocycles. The van der Waals surface area contributed by atoms with Crippen LogP contribution < -0.4 is 0 Å². The lowest BCUT2D eigenvalue weighted by Gasteiger charge is -2.29. The van der Waals surface area contributed by atoms with Crippen LogP contribution in [0.25, 0.3) is 0 Å². The molecule has 1 heterocycles. The Bertz CT molecular complexity index is 98.3. The number of aliphatic hydroxyl groups excluding tert-OH is 3. The number of hydrogen-bond acceptors (Lipinski definition) is 4. The van der Waals surface area contributed by atoms with Crippen molar-refractivity contribution in [3.63, 3.8) is 0 Å². The lowest BCUT2D eigenvalue weighted by atomic mass is 10.0. The molecule has 1 fully saturated rings. The maximum atomic E-state index is 9.19. The van der Waals surface area contributed by atoms with Gasteiger partial charge in [-0.1, -0.05) is 13.8 Å². The molecule has 0 spiro atoms. The fourth-order valence-electron chi connectivity index (χ4n) is 1.34. The maximum absolute atomic E-state index is 9.19. The first-order chi connectivity index (χ1) is 6.72. The third-order valence-corrected chi connectivity index (χ3v) is 1.77. The Morgan fingerprint density at radius 2 is 1.71 bits per heavy atom. The van der Waals surface area contributed by atoms with Crippen molar-refractivity contribution in [2.45, 2.75) is 51.9 Å². The molecule has 1 aliphatic rings. The van der Waals surface area contributed by atoms with Gasteiger partial charge in [0, 0.05) is 13.5 Å². The van der Waals surface area contributed by atoms with Crippen molar-refractivity contribution < 1.29 is 20.1 Å². The minimum absolute atomic E-state index is 0.0153. The summed E-state index contributed by atoms with van der Waals surface area (Å²) in [6.07, 6.45) is 0.901. The molecule has 0 aromatic carbocycles. The van der Waals surface area contributed by atoms with Gasteiger partial charge in [-0.05, 0) is 13.3 Å². The summed E-state index contributed by atoms with van der Waals surface area (Å²) in [5, 5.41) is 24.9. The lowest BCUT2D eigenvalue weighted by Crippen LogP contribution is -2.35. The molecule has 0 amide bonds. The average Bonchev–Trinajstić information content (AvgIpc) is 2.22. The van der Waals surface area contributed by atoms with E-state index < -0.39 is 0 Å². The summed E-state index contributed by atoms with van der Waals surface area (Å²) >= 11 is 0. The standard InChI is InChI=1S/C7H14O3.C2H6.CH4O/c1-5-2-6(9)3-7(4-8)10-5;2*1-2/h5-9H,2-4H2,1H3;1-2H3;2H,1H3/t5?,6-,7+;;/m1../s1. The highest BCUT2D eigenvalue weighted by molar-refractivity contribution is 4.73. The van der Waals surface area contributed by atoms with E-state index in [0.29, 0.717) is 12.8 Å². The predicted octanol–water partition coefficient (Wildman–Crippen LogP) is 0.542. The Morgan fingerprint density at radius 3 is 2.07 bits per heavy atom. The minimum Gasteiger partial charge on any atom is -0.400 e. The van der Waals surface area contributed by atoms with Crippen LogP contribution in [0.15, 0.2) is 0 Å². The van der Waals surface area contributed by atoms with Gasteiger partial charge in [-0.2, -0.15) is 0 Å². The normalized spacial score (nSPS) is 30.6. The molecule has 0 aromatic rings. The Hall–Kier alpha value is -0.160. The summed E-state index contributed by atoms with van der Waals surface area (Å²) in [4.78, 5) is 0. The largest absolute Gasteiger partial charge is 0.400 e. The van der Waals surface area contributed by atoms with Crippen LogP contribution in [0, 0.1) is 0 Å². The molecule has 14 heavy (non-hydrogen) atoms. The Morgan fingerprint density at radius 1 is 1.21 bits per heavy atom. The van der Waals surface area contributed by atoms with Crippen LogP contribution in [0.1, 0.15) is 33.6 Å². The fourth-order valence-corrected chi connectivity index (χ4v) is 1.34. The molecule has 0 aromatic heterocycles. The maximum Gasteiger partial charge on any atom is 0.0833 e. The van der Waals surface area contributed by atoms with E-state index in [2.05, 4.69) is 0 Å². The molecule has 1 rings (SSSR count).